The number of H-pyrrole nitrogens is 1. The Bertz CT molecular complexity index is 1020. The topological polar surface area (TPSA) is 45.3 Å². The van der Waals surface area contributed by atoms with Gasteiger partial charge in [0.2, 0.25) is 5.43 Å². The Morgan fingerprint density at radius 2 is 1.85 bits per heavy atom. The Hall–Kier alpha value is -2.53. The predicted octanol–water partition coefficient (Wildman–Crippen LogP) is 4.80. The zero-order valence-corrected chi connectivity index (χ0v) is 15.7. The lowest BCUT2D eigenvalue weighted by Gasteiger charge is -2.30. The van der Waals surface area contributed by atoms with Gasteiger partial charge in [-0.1, -0.05) is 23.7 Å². The molecule has 0 amide bonds. The van der Waals surface area contributed by atoms with Gasteiger partial charge in [0, 0.05) is 30.2 Å². The maximum atomic E-state index is 13.3. The summed E-state index contributed by atoms with van der Waals surface area (Å²) in [5.41, 5.74) is 2.92. The quantitative estimate of drug-likeness (QED) is 0.703. The Morgan fingerprint density at radius 1 is 1.15 bits per heavy atom. The standard InChI is InChI=1S/C21H20ClFN2O2/c1-27-16-6-7-17-18(12-16)24-20(19(22)21(17)26)13-2-4-15(5-3-13)25-10-8-14(23)9-11-25/h2-7,12,14H,8-11H2,1H3,(H,24,26). The highest BCUT2D eigenvalue weighted by atomic mass is 35.5. The molecule has 0 spiro atoms. The van der Waals surface area contributed by atoms with E-state index in [0.29, 0.717) is 48.3 Å². The normalized spacial score (nSPS) is 15.3. The fourth-order valence-corrected chi connectivity index (χ4v) is 3.78. The van der Waals surface area contributed by atoms with Gasteiger partial charge in [-0.05, 0) is 42.7 Å². The van der Waals surface area contributed by atoms with E-state index in [1.807, 2.05) is 24.3 Å². The maximum absolute atomic E-state index is 13.3. The molecular weight excluding hydrogens is 367 g/mol. The smallest absolute Gasteiger partial charge is 0.208 e. The number of benzene rings is 2. The Kier molecular flexibility index (Phi) is 4.79. The summed E-state index contributed by atoms with van der Waals surface area (Å²) in [6.45, 7) is 1.43. The van der Waals surface area contributed by atoms with Gasteiger partial charge in [0.05, 0.1) is 18.3 Å². The molecule has 0 bridgehead atoms. The number of rotatable bonds is 3. The van der Waals surface area contributed by atoms with Crippen molar-refractivity contribution in [2.75, 3.05) is 25.1 Å². The zero-order chi connectivity index (χ0) is 19.0. The molecule has 0 saturated carbocycles. The van der Waals surface area contributed by atoms with Crippen molar-refractivity contribution in [2.45, 2.75) is 19.0 Å². The number of fused-ring (bicyclic) bond motifs is 1. The predicted molar refractivity (Wildman–Crippen MR) is 108 cm³/mol. The largest absolute Gasteiger partial charge is 0.497 e. The molecule has 4 rings (SSSR count). The molecule has 0 aliphatic carbocycles. The van der Waals surface area contributed by atoms with Gasteiger partial charge >= 0.3 is 0 Å². The zero-order valence-electron chi connectivity index (χ0n) is 15.0. The van der Waals surface area contributed by atoms with Crippen molar-refractivity contribution in [3.8, 4) is 17.0 Å². The van der Waals surface area contributed by atoms with Gasteiger partial charge in [-0.25, -0.2) is 4.39 Å². The molecular formula is C21H20ClFN2O2. The Morgan fingerprint density at radius 3 is 2.52 bits per heavy atom. The second-order valence-electron chi connectivity index (χ2n) is 6.76. The highest BCUT2D eigenvalue weighted by molar-refractivity contribution is 6.33. The van der Waals surface area contributed by atoms with Crippen LogP contribution < -0.4 is 15.1 Å². The van der Waals surface area contributed by atoms with Crippen LogP contribution >= 0.6 is 11.6 Å². The number of ether oxygens (including phenoxy) is 1. The van der Waals surface area contributed by atoms with Crippen molar-refractivity contribution in [3.63, 3.8) is 0 Å². The number of aromatic amines is 1. The summed E-state index contributed by atoms with van der Waals surface area (Å²) in [6.07, 6.45) is 0.430. The van der Waals surface area contributed by atoms with Gasteiger partial charge in [0.25, 0.3) is 0 Å². The van der Waals surface area contributed by atoms with Crippen molar-refractivity contribution in [3.05, 3.63) is 57.7 Å². The lowest BCUT2D eigenvalue weighted by Crippen LogP contribution is -2.34. The summed E-state index contributed by atoms with van der Waals surface area (Å²) in [6, 6.07) is 13.1. The average molecular weight is 387 g/mol. The third-order valence-corrected chi connectivity index (χ3v) is 5.46. The molecule has 6 heteroatoms. The number of nitrogens with zero attached hydrogens (tertiary/aromatic N) is 1. The number of methoxy groups -OCH3 is 1. The minimum absolute atomic E-state index is 0.165. The van der Waals surface area contributed by atoms with Crippen LogP contribution in [-0.2, 0) is 0 Å². The minimum Gasteiger partial charge on any atom is -0.497 e. The third-order valence-electron chi connectivity index (χ3n) is 5.10. The number of hydrogen-bond donors (Lipinski definition) is 1. The van der Waals surface area contributed by atoms with Crippen LogP contribution in [0, 0.1) is 0 Å². The van der Waals surface area contributed by atoms with Crippen molar-refractivity contribution >= 4 is 28.2 Å². The molecule has 1 fully saturated rings. The van der Waals surface area contributed by atoms with Gasteiger partial charge in [-0.15, -0.1) is 0 Å². The number of alkyl halides is 1. The van der Waals surface area contributed by atoms with Crippen LogP contribution in [0.5, 0.6) is 5.75 Å². The van der Waals surface area contributed by atoms with Gasteiger partial charge < -0.3 is 14.6 Å². The molecule has 2 heterocycles. The SMILES string of the molecule is COc1ccc2c(=O)c(Cl)c(-c3ccc(N4CCC(F)CC4)cc3)[nH]c2c1. The van der Waals surface area contributed by atoms with E-state index in [1.165, 1.54) is 0 Å². The number of pyridine rings is 1. The molecule has 4 nitrogen and oxygen atoms in total. The van der Waals surface area contributed by atoms with Crippen LogP contribution in [0.25, 0.3) is 22.2 Å². The van der Waals surface area contributed by atoms with E-state index < -0.39 is 6.17 Å². The molecule has 1 saturated heterocycles. The monoisotopic (exact) mass is 386 g/mol. The molecule has 27 heavy (non-hydrogen) atoms. The van der Waals surface area contributed by atoms with Crippen molar-refractivity contribution in [2.24, 2.45) is 0 Å². The van der Waals surface area contributed by atoms with Crippen LogP contribution in [-0.4, -0.2) is 31.4 Å². The van der Waals surface area contributed by atoms with Crippen LogP contribution in [0.4, 0.5) is 10.1 Å². The number of aromatic nitrogens is 1. The summed E-state index contributed by atoms with van der Waals surface area (Å²) in [5, 5.41) is 0.689. The van der Waals surface area contributed by atoms with Gasteiger partial charge in [0.1, 0.15) is 16.9 Å². The molecule has 3 aromatic rings. The summed E-state index contributed by atoms with van der Waals surface area (Å²) >= 11 is 6.36. The first-order valence-electron chi connectivity index (χ1n) is 8.96. The van der Waals surface area contributed by atoms with Crippen LogP contribution in [0.2, 0.25) is 5.02 Å². The minimum atomic E-state index is -0.695. The van der Waals surface area contributed by atoms with E-state index in [-0.39, 0.29) is 10.5 Å². The van der Waals surface area contributed by atoms with E-state index in [4.69, 9.17) is 16.3 Å². The molecule has 1 N–H and O–H groups in total. The van der Waals surface area contributed by atoms with E-state index in [0.717, 1.165) is 11.3 Å². The fraction of sp³-hybridized carbons (Fsp3) is 0.286. The van der Waals surface area contributed by atoms with E-state index in [1.54, 1.807) is 25.3 Å². The number of nitrogens with one attached hydrogen (secondary N) is 1. The second kappa shape index (κ2) is 7.24. The first kappa shape index (κ1) is 17.9. The number of hydrogen-bond acceptors (Lipinski definition) is 3. The Labute approximate surface area is 161 Å². The lowest BCUT2D eigenvalue weighted by molar-refractivity contribution is 0.277. The van der Waals surface area contributed by atoms with Gasteiger partial charge in [0.15, 0.2) is 0 Å². The highest BCUT2D eigenvalue weighted by Crippen LogP contribution is 2.30. The molecule has 1 aliphatic rings. The first-order valence-corrected chi connectivity index (χ1v) is 9.33. The first-order chi connectivity index (χ1) is 13.1. The molecule has 1 aliphatic heterocycles. The molecule has 140 valence electrons. The van der Waals surface area contributed by atoms with Crippen molar-refractivity contribution in [1.82, 2.24) is 4.98 Å². The number of piperidine rings is 1. The summed E-state index contributed by atoms with van der Waals surface area (Å²) in [4.78, 5) is 18.1. The van der Waals surface area contributed by atoms with Crippen molar-refractivity contribution in [1.29, 1.82) is 0 Å². The number of anilines is 1. The van der Waals surface area contributed by atoms with E-state index in [9.17, 15) is 9.18 Å². The molecule has 2 aromatic carbocycles. The summed E-state index contributed by atoms with van der Waals surface area (Å²) < 4.78 is 18.6. The van der Waals surface area contributed by atoms with Crippen LogP contribution in [0.1, 0.15) is 12.8 Å². The fourth-order valence-electron chi connectivity index (χ4n) is 3.52. The molecule has 0 radical (unpaired) electrons. The third kappa shape index (κ3) is 3.39. The van der Waals surface area contributed by atoms with E-state index in [2.05, 4.69) is 9.88 Å². The van der Waals surface area contributed by atoms with Gasteiger partial charge in [-0.3, -0.25) is 4.79 Å². The van der Waals surface area contributed by atoms with Gasteiger partial charge in [-0.2, -0.15) is 0 Å². The summed E-state index contributed by atoms with van der Waals surface area (Å²) in [5.74, 6) is 0.665. The molecule has 0 unspecified atom stereocenters. The van der Waals surface area contributed by atoms with Crippen LogP contribution in [0.15, 0.2) is 47.3 Å². The highest BCUT2D eigenvalue weighted by Gasteiger charge is 2.19. The maximum Gasteiger partial charge on any atom is 0.208 e. The number of halogens is 2. The van der Waals surface area contributed by atoms with Crippen molar-refractivity contribution < 1.29 is 9.13 Å². The average Bonchev–Trinajstić information content (AvgIpc) is 2.71. The van der Waals surface area contributed by atoms with Crippen LogP contribution in [0.3, 0.4) is 0 Å². The Balaban J connectivity index is 1.71. The summed E-state index contributed by atoms with van der Waals surface area (Å²) in [7, 11) is 1.58. The molecule has 1 aromatic heterocycles. The van der Waals surface area contributed by atoms with E-state index >= 15 is 0 Å². The second-order valence-corrected chi connectivity index (χ2v) is 7.14. The molecule has 0 atom stereocenters. The lowest BCUT2D eigenvalue weighted by atomic mass is 10.1.